The minimum atomic E-state index is -4.94. The number of aromatic nitrogens is 1. The lowest BCUT2D eigenvalue weighted by Gasteiger charge is -2.58. The van der Waals surface area contributed by atoms with Gasteiger partial charge in [-0.05, 0) is 205 Å². The Kier molecular flexibility index (Phi) is 7.54. The SMILES string of the molecule is FC(F)(F)c1cc(-c2cc(Nc3cccnc3)cc(-c3cc(C45CC6CC(CC(C6)C4)C5)cc(C45CC6CC(CC(C6)C4)C5)c3)c2)cc(C(F)(F)F)c1. The molecule has 8 fully saturated rings. The average molecular weight is 727 g/mol. The zero-order chi connectivity index (χ0) is 36.3. The minimum Gasteiger partial charge on any atom is -0.354 e. The summed E-state index contributed by atoms with van der Waals surface area (Å²) in [6.45, 7) is 0. The van der Waals surface area contributed by atoms with Crippen molar-refractivity contribution in [1.82, 2.24) is 4.98 Å². The first-order chi connectivity index (χ1) is 25.3. The van der Waals surface area contributed by atoms with Crippen LogP contribution in [0.1, 0.15) is 99.3 Å². The molecule has 0 radical (unpaired) electrons. The van der Waals surface area contributed by atoms with E-state index in [9.17, 15) is 26.3 Å². The van der Waals surface area contributed by atoms with Crippen molar-refractivity contribution in [3.05, 3.63) is 101 Å². The second kappa shape index (κ2) is 11.8. The van der Waals surface area contributed by atoms with Gasteiger partial charge in [0.2, 0.25) is 0 Å². The molecular weight excluding hydrogens is 682 g/mol. The Labute approximate surface area is 306 Å². The summed E-state index contributed by atoms with van der Waals surface area (Å²) in [6, 6.07) is 18.2. The maximum atomic E-state index is 14.1. The van der Waals surface area contributed by atoms with Crippen LogP contribution in [-0.4, -0.2) is 4.98 Å². The van der Waals surface area contributed by atoms with Crippen molar-refractivity contribution in [2.24, 2.45) is 35.5 Å². The van der Waals surface area contributed by atoms with Crippen molar-refractivity contribution in [2.45, 2.75) is 100 Å². The van der Waals surface area contributed by atoms with Crippen LogP contribution in [0, 0.1) is 35.5 Å². The molecular formula is C45H44F6N2. The van der Waals surface area contributed by atoms with Gasteiger partial charge in [0.1, 0.15) is 0 Å². The fraction of sp³-hybridized carbons (Fsp3) is 0.489. The predicted octanol–water partition coefficient (Wildman–Crippen LogP) is 13.1. The van der Waals surface area contributed by atoms with Gasteiger partial charge < -0.3 is 5.32 Å². The topological polar surface area (TPSA) is 24.9 Å². The van der Waals surface area contributed by atoms with Crippen LogP contribution in [0.5, 0.6) is 0 Å². The lowest BCUT2D eigenvalue weighted by Crippen LogP contribution is -2.50. The molecule has 276 valence electrons. The quantitative estimate of drug-likeness (QED) is 0.200. The first-order valence-corrected chi connectivity index (χ1v) is 19.6. The van der Waals surface area contributed by atoms with Crippen molar-refractivity contribution >= 4 is 11.4 Å². The highest BCUT2D eigenvalue weighted by Gasteiger charge is 2.54. The van der Waals surface area contributed by atoms with E-state index in [0.717, 1.165) is 58.8 Å². The number of benzene rings is 3. The predicted molar refractivity (Wildman–Crippen MR) is 195 cm³/mol. The molecule has 0 atom stereocenters. The lowest BCUT2D eigenvalue weighted by molar-refractivity contribution is -0.143. The second-order valence-electron chi connectivity index (χ2n) is 18.2. The third-order valence-corrected chi connectivity index (χ3v) is 14.4. The van der Waals surface area contributed by atoms with Crippen molar-refractivity contribution in [3.63, 3.8) is 0 Å². The molecule has 0 aliphatic heterocycles. The highest BCUT2D eigenvalue weighted by Crippen LogP contribution is 2.64. The molecule has 8 aliphatic carbocycles. The van der Waals surface area contributed by atoms with E-state index in [1.807, 2.05) is 12.1 Å². The number of nitrogens with zero attached hydrogens (tertiary/aromatic N) is 1. The van der Waals surface area contributed by atoms with E-state index in [2.05, 4.69) is 28.5 Å². The minimum absolute atomic E-state index is 0.123. The average Bonchev–Trinajstić information content (AvgIpc) is 3.10. The molecule has 4 aromatic rings. The zero-order valence-corrected chi connectivity index (χ0v) is 29.7. The normalized spacial score (nSPS) is 32.7. The van der Waals surface area contributed by atoms with Gasteiger partial charge in [-0.15, -0.1) is 0 Å². The molecule has 8 saturated carbocycles. The number of alkyl halides is 6. The Morgan fingerprint density at radius 2 is 0.906 bits per heavy atom. The summed E-state index contributed by atoms with van der Waals surface area (Å²) < 4.78 is 84.5. The van der Waals surface area contributed by atoms with Crippen LogP contribution < -0.4 is 5.32 Å². The lowest BCUT2D eigenvalue weighted by atomic mass is 9.46. The smallest absolute Gasteiger partial charge is 0.354 e. The van der Waals surface area contributed by atoms with Gasteiger partial charge in [-0.2, -0.15) is 26.3 Å². The van der Waals surface area contributed by atoms with Crippen molar-refractivity contribution < 1.29 is 26.3 Å². The Morgan fingerprint density at radius 3 is 1.30 bits per heavy atom. The van der Waals surface area contributed by atoms with Crippen LogP contribution in [0.2, 0.25) is 0 Å². The summed E-state index contributed by atoms with van der Waals surface area (Å²) in [6.07, 6.45) is 8.69. The van der Waals surface area contributed by atoms with Crippen LogP contribution >= 0.6 is 0 Å². The molecule has 8 heteroatoms. The molecule has 0 spiro atoms. The summed E-state index contributed by atoms with van der Waals surface area (Å²) in [4.78, 5) is 4.21. The van der Waals surface area contributed by atoms with Gasteiger partial charge >= 0.3 is 12.4 Å². The zero-order valence-electron chi connectivity index (χ0n) is 29.7. The largest absolute Gasteiger partial charge is 0.416 e. The van der Waals surface area contributed by atoms with Gasteiger partial charge in [-0.1, -0.05) is 18.2 Å². The van der Waals surface area contributed by atoms with Gasteiger partial charge in [0.05, 0.1) is 23.0 Å². The maximum absolute atomic E-state index is 14.1. The van der Waals surface area contributed by atoms with E-state index in [1.165, 1.54) is 88.2 Å². The molecule has 8 aliphatic rings. The molecule has 1 N–H and O–H groups in total. The molecule has 53 heavy (non-hydrogen) atoms. The molecule has 0 amide bonds. The third kappa shape index (κ3) is 6.07. The molecule has 0 saturated heterocycles. The number of pyridine rings is 1. The fourth-order valence-corrected chi connectivity index (χ4v) is 13.1. The summed E-state index contributed by atoms with van der Waals surface area (Å²) in [7, 11) is 0. The Bertz CT molecular complexity index is 1900. The molecule has 1 heterocycles. The second-order valence-corrected chi connectivity index (χ2v) is 18.2. The number of rotatable bonds is 6. The molecule has 2 nitrogen and oxygen atoms in total. The number of hydrogen-bond donors (Lipinski definition) is 1. The summed E-state index contributed by atoms with van der Waals surface area (Å²) in [5.74, 6) is 4.56. The van der Waals surface area contributed by atoms with E-state index < -0.39 is 23.5 Å². The summed E-state index contributed by atoms with van der Waals surface area (Å²) in [5, 5.41) is 3.35. The number of hydrogen-bond acceptors (Lipinski definition) is 2. The van der Waals surface area contributed by atoms with Crippen LogP contribution in [0.4, 0.5) is 37.7 Å². The molecule has 0 unspecified atom stereocenters. The van der Waals surface area contributed by atoms with Crippen LogP contribution in [0.15, 0.2) is 79.1 Å². The van der Waals surface area contributed by atoms with Gasteiger partial charge in [0.15, 0.2) is 0 Å². The standard InChI is InChI=1S/C45H44F6N2/c46-44(47,48)38-13-35(14-39(18-38)45(49,50)51)33-10-32(15-41(16-33)53-40-2-1-3-52-25-40)34-11-36(42-19-26-4-27(20-42)6-28(5-26)21-42)17-37(12-34)43-22-29-7-30(23-43)9-31(8-29)24-43/h1-3,10-18,25-31,53H,4-9,19-24H2. The summed E-state index contributed by atoms with van der Waals surface area (Å²) >= 11 is 0. The van der Waals surface area contributed by atoms with E-state index in [4.69, 9.17) is 0 Å². The number of halogens is 6. The van der Waals surface area contributed by atoms with Gasteiger partial charge in [-0.25, -0.2) is 0 Å². The van der Waals surface area contributed by atoms with Gasteiger partial charge in [0, 0.05) is 11.9 Å². The van der Waals surface area contributed by atoms with Crippen molar-refractivity contribution in [1.29, 1.82) is 0 Å². The van der Waals surface area contributed by atoms with Gasteiger partial charge in [-0.3, -0.25) is 4.98 Å². The summed E-state index contributed by atoms with van der Waals surface area (Å²) in [5.41, 5.74) is 3.64. The Morgan fingerprint density at radius 1 is 0.491 bits per heavy atom. The van der Waals surface area contributed by atoms with E-state index in [1.54, 1.807) is 30.6 Å². The highest BCUT2D eigenvalue weighted by molar-refractivity contribution is 5.81. The van der Waals surface area contributed by atoms with Gasteiger partial charge in [0.25, 0.3) is 0 Å². The monoisotopic (exact) mass is 726 g/mol. The maximum Gasteiger partial charge on any atom is 0.416 e. The molecule has 12 rings (SSSR count). The van der Waals surface area contributed by atoms with E-state index >= 15 is 0 Å². The Balaban J connectivity index is 1.16. The first-order valence-electron chi connectivity index (χ1n) is 19.6. The van der Waals surface area contributed by atoms with Crippen LogP contribution in [0.25, 0.3) is 22.3 Å². The molecule has 3 aromatic carbocycles. The molecule has 8 bridgehead atoms. The molecule has 1 aromatic heterocycles. The first kappa shape index (κ1) is 33.7. The van der Waals surface area contributed by atoms with E-state index in [-0.39, 0.29) is 22.5 Å². The highest BCUT2D eigenvalue weighted by atomic mass is 19.4. The van der Waals surface area contributed by atoms with Crippen LogP contribution in [-0.2, 0) is 23.2 Å². The van der Waals surface area contributed by atoms with Crippen molar-refractivity contribution in [3.8, 4) is 22.3 Å². The fourth-order valence-electron chi connectivity index (χ4n) is 13.1. The van der Waals surface area contributed by atoms with Crippen molar-refractivity contribution in [2.75, 3.05) is 5.32 Å². The number of nitrogens with one attached hydrogen (secondary N) is 1. The van der Waals surface area contributed by atoms with E-state index in [0.29, 0.717) is 16.9 Å². The number of anilines is 2. The third-order valence-electron chi connectivity index (χ3n) is 14.4. The Hall–Kier alpha value is -3.81. The van der Waals surface area contributed by atoms with Crippen LogP contribution in [0.3, 0.4) is 0 Å².